The normalized spacial score (nSPS) is 11.4. The van der Waals surface area contributed by atoms with Crippen molar-refractivity contribution in [1.29, 1.82) is 0 Å². The number of phenolic OH excluding ortho intramolecular Hbond substituents is 2. The topological polar surface area (TPSA) is 135 Å². The second-order valence-corrected chi connectivity index (χ2v) is 7.31. The fraction of sp³-hybridized carbons (Fsp3) is 0.273. The molecule has 0 saturated carbocycles. The number of imidazole rings is 1. The second-order valence-electron chi connectivity index (χ2n) is 7.31. The Morgan fingerprint density at radius 3 is 2.63 bits per heavy atom. The Hall–Kier alpha value is -3.52. The molecule has 7 N–H and O–H groups in total. The van der Waals surface area contributed by atoms with E-state index >= 15 is 0 Å². The zero-order valence-electron chi connectivity index (χ0n) is 16.7. The Balaban J connectivity index is 1.78. The van der Waals surface area contributed by atoms with Crippen molar-refractivity contribution in [2.24, 2.45) is 5.73 Å². The van der Waals surface area contributed by atoms with E-state index in [2.05, 4.69) is 10.3 Å². The molecule has 2 aromatic heterocycles. The molecule has 4 rings (SSSR count). The molecule has 8 heteroatoms. The van der Waals surface area contributed by atoms with Crippen LogP contribution in [0.1, 0.15) is 25.7 Å². The number of anilines is 2. The van der Waals surface area contributed by atoms with Crippen molar-refractivity contribution in [2.45, 2.75) is 25.7 Å². The van der Waals surface area contributed by atoms with E-state index in [0.29, 0.717) is 22.7 Å². The number of nitrogens with zero attached hydrogens (tertiary/aromatic N) is 3. The van der Waals surface area contributed by atoms with E-state index in [-0.39, 0.29) is 11.5 Å². The second kappa shape index (κ2) is 8.46. The van der Waals surface area contributed by atoms with E-state index in [0.717, 1.165) is 55.5 Å². The predicted octanol–water partition coefficient (Wildman–Crippen LogP) is 3.47. The van der Waals surface area contributed by atoms with Crippen molar-refractivity contribution in [1.82, 2.24) is 14.4 Å². The van der Waals surface area contributed by atoms with Crippen LogP contribution < -0.4 is 16.8 Å². The number of phenols is 2. The molecule has 2 aromatic carbocycles. The van der Waals surface area contributed by atoms with Crippen LogP contribution in [0.5, 0.6) is 11.5 Å². The Kier molecular flexibility index (Phi) is 5.58. The SMILES string of the molecule is NCCCCCCNc1nc2c(N)cccc2n2c(-c3ccc(O)c(O)c3)cnc12. The lowest BCUT2D eigenvalue weighted by Gasteiger charge is -2.13. The van der Waals surface area contributed by atoms with Gasteiger partial charge in [0.1, 0.15) is 5.52 Å². The largest absolute Gasteiger partial charge is 0.504 e. The van der Waals surface area contributed by atoms with Crippen molar-refractivity contribution < 1.29 is 10.2 Å². The molecule has 2 heterocycles. The smallest absolute Gasteiger partial charge is 0.181 e. The molecule has 0 amide bonds. The molecule has 0 unspecified atom stereocenters. The van der Waals surface area contributed by atoms with Crippen molar-refractivity contribution in [2.75, 3.05) is 24.1 Å². The van der Waals surface area contributed by atoms with Crippen LogP contribution in [0.4, 0.5) is 11.5 Å². The van der Waals surface area contributed by atoms with Gasteiger partial charge in [0.25, 0.3) is 0 Å². The first-order chi connectivity index (χ1) is 14.6. The van der Waals surface area contributed by atoms with Gasteiger partial charge in [0.05, 0.1) is 23.1 Å². The first-order valence-electron chi connectivity index (χ1n) is 10.1. The summed E-state index contributed by atoms with van der Waals surface area (Å²) in [5.74, 6) is 0.310. The van der Waals surface area contributed by atoms with Crippen LogP contribution in [-0.4, -0.2) is 37.7 Å². The molecular weight excluding hydrogens is 380 g/mol. The number of rotatable bonds is 8. The molecule has 0 atom stereocenters. The molecule has 0 bridgehead atoms. The van der Waals surface area contributed by atoms with Crippen LogP contribution in [0.3, 0.4) is 0 Å². The van der Waals surface area contributed by atoms with Crippen molar-refractivity contribution in [3.63, 3.8) is 0 Å². The highest BCUT2D eigenvalue weighted by molar-refractivity contribution is 5.93. The third kappa shape index (κ3) is 3.69. The number of aromatic nitrogens is 3. The summed E-state index contributed by atoms with van der Waals surface area (Å²) < 4.78 is 1.97. The van der Waals surface area contributed by atoms with Gasteiger partial charge in [-0.25, -0.2) is 9.97 Å². The fourth-order valence-corrected chi connectivity index (χ4v) is 3.61. The molecule has 4 aromatic rings. The summed E-state index contributed by atoms with van der Waals surface area (Å²) in [6.07, 6.45) is 6.00. The first-order valence-corrected chi connectivity index (χ1v) is 10.1. The Morgan fingerprint density at radius 1 is 1.00 bits per heavy atom. The molecule has 0 radical (unpaired) electrons. The highest BCUT2D eigenvalue weighted by atomic mass is 16.3. The minimum atomic E-state index is -0.184. The monoisotopic (exact) mass is 406 g/mol. The van der Waals surface area contributed by atoms with Gasteiger partial charge < -0.3 is 27.0 Å². The highest BCUT2D eigenvalue weighted by Crippen LogP contribution is 2.34. The standard InChI is InChI=1S/C22H26N6O2/c23-10-3-1-2-4-11-25-21-22-26-13-17(14-8-9-18(29)19(30)12-14)28(22)16-7-5-6-15(24)20(16)27-21/h5-9,12-13,29-30H,1-4,10-11,23-24H2,(H,25,27). The summed E-state index contributed by atoms with van der Waals surface area (Å²) in [6.45, 7) is 1.50. The number of unbranched alkanes of at least 4 members (excludes halogenated alkanes) is 3. The zero-order valence-corrected chi connectivity index (χ0v) is 16.7. The lowest BCUT2D eigenvalue weighted by atomic mass is 10.1. The van der Waals surface area contributed by atoms with E-state index in [1.807, 2.05) is 22.6 Å². The fourth-order valence-electron chi connectivity index (χ4n) is 3.61. The van der Waals surface area contributed by atoms with Crippen molar-refractivity contribution in [3.8, 4) is 22.8 Å². The molecule has 0 aliphatic rings. The number of nitrogen functional groups attached to an aromatic ring is 1. The zero-order chi connectivity index (χ0) is 21.1. The van der Waals surface area contributed by atoms with Gasteiger partial charge in [-0.2, -0.15) is 0 Å². The van der Waals surface area contributed by atoms with Gasteiger partial charge in [0, 0.05) is 12.1 Å². The summed E-state index contributed by atoms with van der Waals surface area (Å²) in [5, 5.41) is 23.0. The van der Waals surface area contributed by atoms with Crippen LogP contribution >= 0.6 is 0 Å². The van der Waals surface area contributed by atoms with Crippen LogP contribution in [0.25, 0.3) is 27.9 Å². The van der Waals surface area contributed by atoms with E-state index in [1.165, 1.54) is 12.1 Å². The van der Waals surface area contributed by atoms with E-state index in [9.17, 15) is 10.2 Å². The third-order valence-corrected chi connectivity index (χ3v) is 5.18. The third-order valence-electron chi connectivity index (χ3n) is 5.18. The quantitative estimate of drug-likeness (QED) is 0.172. The molecule has 0 fully saturated rings. The maximum Gasteiger partial charge on any atom is 0.181 e. The maximum atomic E-state index is 9.96. The Morgan fingerprint density at radius 2 is 1.83 bits per heavy atom. The summed E-state index contributed by atoms with van der Waals surface area (Å²) >= 11 is 0. The molecular formula is C22H26N6O2. The summed E-state index contributed by atoms with van der Waals surface area (Å²) in [6, 6.07) is 10.3. The number of benzene rings is 2. The molecule has 156 valence electrons. The minimum absolute atomic E-state index is 0.166. The molecule has 0 aliphatic heterocycles. The van der Waals surface area contributed by atoms with E-state index in [4.69, 9.17) is 16.5 Å². The number of hydrogen-bond donors (Lipinski definition) is 5. The highest BCUT2D eigenvalue weighted by Gasteiger charge is 2.16. The van der Waals surface area contributed by atoms with Crippen LogP contribution in [0.15, 0.2) is 42.6 Å². The lowest BCUT2D eigenvalue weighted by Crippen LogP contribution is -2.08. The average molecular weight is 406 g/mol. The molecule has 30 heavy (non-hydrogen) atoms. The van der Waals surface area contributed by atoms with Crippen molar-refractivity contribution >= 4 is 28.2 Å². The summed E-state index contributed by atoms with van der Waals surface area (Å²) in [5.41, 5.74) is 16.0. The van der Waals surface area contributed by atoms with E-state index in [1.54, 1.807) is 12.3 Å². The number of aromatic hydroxyl groups is 2. The van der Waals surface area contributed by atoms with E-state index < -0.39 is 0 Å². The van der Waals surface area contributed by atoms with Crippen molar-refractivity contribution in [3.05, 3.63) is 42.6 Å². The average Bonchev–Trinajstić information content (AvgIpc) is 3.19. The van der Waals surface area contributed by atoms with Crippen LogP contribution in [0, 0.1) is 0 Å². The van der Waals surface area contributed by atoms with Gasteiger partial charge in [0.2, 0.25) is 0 Å². The molecule has 0 saturated heterocycles. The molecule has 8 nitrogen and oxygen atoms in total. The number of nitrogens with one attached hydrogen (secondary N) is 1. The maximum absolute atomic E-state index is 9.96. The van der Waals surface area contributed by atoms with Gasteiger partial charge in [-0.1, -0.05) is 18.9 Å². The lowest BCUT2D eigenvalue weighted by molar-refractivity contribution is 0.404. The van der Waals surface area contributed by atoms with Gasteiger partial charge in [-0.3, -0.25) is 4.40 Å². The Bertz CT molecular complexity index is 1190. The summed E-state index contributed by atoms with van der Waals surface area (Å²) in [4.78, 5) is 9.34. The number of para-hydroxylation sites is 1. The minimum Gasteiger partial charge on any atom is -0.504 e. The summed E-state index contributed by atoms with van der Waals surface area (Å²) in [7, 11) is 0. The van der Waals surface area contributed by atoms with Gasteiger partial charge in [0.15, 0.2) is 23.0 Å². The number of nitrogens with two attached hydrogens (primary N) is 2. The first kappa shape index (κ1) is 19.8. The number of fused-ring (bicyclic) bond motifs is 3. The predicted molar refractivity (Wildman–Crippen MR) is 120 cm³/mol. The Labute approximate surface area is 174 Å². The van der Waals surface area contributed by atoms with Gasteiger partial charge in [-0.15, -0.1) is 0 Å². The van der Waals surface area contributed by atoms with Crippen LogP contribution in [0.2, 0.25) is 0 Å². The van der Waals surface area contributed by atoms with Crippen LogP contribution in [-0.2, 0) is 0 Å². The molecule has 0 spiro atoms. The number of hydrogen-bond acceptors (Lipinski definition) is 7. The van der Waals surface area contributed by atoms with Gasteiger partial charge in [-0.05, 0) is 49.7 Å². The molecule has 0 aliphatic carbocycles. The van der Waals surface area contributed by atoms with Gasteiger partial charge >= 0.3 is 0 Å².